The Morgan fingerprint density at radius 3 is 2.76 bits per heavy atom. The van der Waals surface area contributed by atoms with Crippen LogP contribution in [0.1, 0.15) is 21.5 Å². The molecule has 2 rings (SSSR count). The summed E-state index contributed by atoms with van der Waals surface area (Å²) in [5.41, 5.74) is 4.64. The Balaban J connectivity index is 2.06. The zero-order valence-electron chi connectivity index (χ0n) is 11.8. The monoisotopic (exact) mass is 284 g/mol. The van der Waals surface area contributed by atoms with Crippen molar-refractivity contribution in [1.82, 2.24) is 5.43 Å². The van der Waals surface area contributed by atoms with Gasteiger partial charge in [0.2, 0.25) is 0 Å². The molecule has 0 bridgehead atoms. The van der Waals surface area contributed by atoms with Gasteiger partial charge in [-0.15, -0.1) is 0 Å². The lowest BCUT2D eigenvalue weighted by molar-refractivity contribution is 0.0954. The van der Waals surface area contributed by atoms with Crippen LogP contribution in [-0.4, -0.2) is 24.3 Å². The SMILES string of the molecule is COc1cc(/C=N/NC(=O)c2ccccc2C)ccc1O. The average Bonchev–Trinajstić information content (AvgIpc) is 2.49. The first kappa shape index (κ1) is 14.6. The Bertz CT molecular complexity index is 681. The molecule has 2 aromatic carbocycles. The second kappa shape index (κ2) is 6.56. The third kappa shape index (κ3) is 3.60. The molecule has 0 aromatic heterocycles. The fraction of sp³-hybridized carbons (Fsp3) is 0.125. The molecule has 0 aliphatic carbocycles. The number of carbonyl (C=O) groups excluding carboxylic acids is 1. The average molecular weight is 284 g/mol. The summed E-state index contributed by atoms with van der Waals surface area (Å²) in [7, 11) is 1.47. The quantitative estimate of drug-likeness (QED) is 0.669. The molecule has 5 heteroatoms. The van der Waals surface area contributed by atoms with Crippen LogP contribution in [-0.2, 0) is 0 Å². The van der Waals surface area contributed by atoms with Crippen molar-refractivity contribution in [2.75, 3.05) is 7.11 Å². The van der Waals surface area contributed by atoms with Crippen LogP contribution in [0.5, 0.6) is 11.5 Å². The minimum absolute atomic E-state index is 0.0543. The van der Waals surface area contributed by atoms with E-state index in [-0.39, 0.29) is 11.7 Å². The van der Waals surface area contributed by atoms with Gasteiger partial charge in [0.25, 0.3) is 5.91 Å². The van der Waals surface area contributed by atoms with Crippen molar-refractivity contribution in [2.45, 2.75) is 6.92 Å². The van der Waals surface area contributed by atoms with Crippen molar-refractivity contribution in [3.05, 3.63) is 59.2 Å². The predicted molar refractivity (Wildman–Crippen MR) is 80.9 cm³/mol. The number of amides is 1. The highest BCUT2D eigenvalue weighted by atomic mass is 16.5. The van der Waals surface area contributed by atoms with E-state index >= 15 is 0 Å². The number of aryl methyl sites for hydroxylation is 1. The fourth-order valence-electron chi connectivity index (χ4n) is 1.83. The summed E-state index contributed by atoms with van der Waals surface area (Å²) in [6, 6.07) is 12.1. The zero-order chi connectivity index (χ0) is 15.2. The lowest BCUT2D eigenvalue weighted by atomic mass is 10.1. The lowest BCUT2D eigenvalue weighted by Gasteiger charge is -2.04. The number of phenols is 1. The second-order valence-corrected chi connectivity index (χ2v) is 4.45. The number of hydrogen-bond donors (Lipinski definition) is 2. The van der Waals surface area contributed by atoms with E-state index in [0.29, 0.717) is 16.9 Å². The normalized spacial score (nSPS) is 10.6. The number of nitrogens with one attached hydrogen (secondary N) is 1. The van der Waals surface area contributed by atoms with E-state index in [0.717, 1.165) is 5.56 Å². The number of benzene rings is 2. The Morgan fingerprint density at radius 2 is 2.05 bits per heavy atom. The number of aromatic hydroxyl groups is 1. The summed E-state index contributed by atoms with van der Waals surface area (Å²) in [6.45, 7) is 1.86. The molecular weight excluding hydrogens is 268 g/mol. The number of nitrogens with zero attached hydrogens (tertiary/aromatic N) is 1. The number of hydrazone groups is 1. The number of ether oxygens (including phenoxy) is 1. The number of methoxy groups -OCH3 is 1. The standard InChI is InChI=1S/C16H16N2O3/c1-11-5-3-4-6-13(11)16(20)18-17-10-12-7-8-14(19)15(9-12)21-2/h3-10,19H,1-2H3,(H,18,20)/b17-10+. The molecular formula is C16H16N2O3. The number of rotatable bonds is 4. The van der Waals surface area contributed by atoms with Crippen molar-refractivity contribution < 1.29 is 14.6 Å². The summed E-state index contributed by atoms with van der Waals surface area (Å²) < 4.78 is 5.00. The van der Waals surface area contributed by atoms with Gasteiger partial charge >= 0.3 is 0 Å². The molecule has 5 nitrogen and oxygen atoms in total. The van der Waals surface area contributed by atoms with Gasteiger partial charge in [-0.3, -0.25) is 4.79 Å². The van der Waals surface area contributed by atoms with E-state index in [4.69, 9.17) is 4.74 Å². The predicted octanol–water partition coefficient (Wildman–Crippen LogP) is 2.47. The van der Waals surface area contributed by atoms with Crippen LogP contribution in [0.15, 0.2) is 47.6 Å². The van der Waals surface area contributed by atoms with Gasteiger partial charge in [-0.05, 0) is 42.3 Å². The van der Waals surface area contributed by atoms with Gasteiger partial charge in [0, 0.05) is 5.56 Å². The number of phenolic OH excluding ortho intramolecular Hbond substituents is 1. The van der Waals surface area contributed by atoms with Gasteiger partial charge in [0.05, 0.1) is 13.3 Å². The van der Waals surface area contributed by atoms with Gasteiger partial charge in [-0.2, -0.15) is 5.10 Å². The Kier molecular flexibility index (Phi) is 4.56. The largest absolute Gasteiger partial charge is 0.504 e. The molecule has 0 fully saturated rings. The molecule has 21 heavy (non-hydrogen) atoms. The van der Waals surface area contributed by atoms with Crippen LogP contribution >= 0.6 is 0 Å². The van der Waals surface area contributed by atoms with Crippen LogP contribution in [0.2, 0.25) is 0 Å². The number of hydrogen-bond acceptors (Lipinski definition) is 4. The third-order valence-electron chi connectivity index (χ3n) is 2.97. The van der Waals surface area contributed by atoms with Gasteiger partial charge in [0.1, 0.15) is 0 Å². The highest BCUT2D eigenvalue weighted by Crippen LogP contribution is 2.25. The van der Waals surface area contributed by atoms with Crippen LogP contribution in [0.3, 0.4) is 0 Å². The molecule has 2 N–H and O–H groups in total. The first-order valence-electron chi connectivity index (χ1n) is 6.38. The van der Waals surface area contributed by atoms with Crippen LogP contribution in [0.25, 0.3) is 0 Å². The molecule has 0 aliphatic heterocycles. The number of carbonyl (C=O) groups is 1. The summed E-state index contributed by atoms with van der Waals surface area (Å²) in [6.07, 6.45) is 1.48. The Hall–Kier alpha value is -2.82. The van der Waals surface area contributed by atoms with Gasteiger partial charge in [0.15, 0.2) is 11.5 Å². The Labute approximate surface area is 122 Å². The van der Waals surface area contributed by atoms with E-state index in [1.807, 2.05) is 19.1 Å². The zero-order valence-corrected chi connectivity index (χ0v) is 11.8. The fourth-order valence-corrected chi connectivity index (χ4v) is 1.83. The highest BCUT2D eigenvalue weighted by molar-refractivity contribution is 5.96. The summed E-state index contributed by atoms with van der Waals surface area (Å²) >= 11 is 0. The molecule has 0 spiro atoms. The van der Waals surface area contributed by atoms with E-state index in [1.54, 1.807) is 24.3 Å². The molecule has 0 saturated carbocycles. The molecule has 0 atom stereocenters. The van der Waals surface area contributed by atoms with Crippen molar-refractivity contribution >= 4 is 12.1 Å². The van der Waals surface area contributed by atoms with Crippen molar-refractivity contribution in [2.24, 2.45) is 5.10 Å². The molecule has 0 heterocycles. The maximum absolute atomic E-state index is 11.9. The maximum Gasteiger partial charge on any atom is 0.271 e. The van der Waals surface area contributed by atoms with Crippen LogP contribution in [0.4, 0.5) is 0 Å². The Morgan fingerprint density at radius 1 is 1.29 bits per heavy atom. The van der Waals surface area contributed by atoms with E-state index in [1.165, 1.54) is 19.4 Å². The molecule has 1 amide bonds. The minimum Gasteiger partial charge on any atom is -0.504 e. The maximum atomic E-state index is 11.9. The van der Waals surface area contributed by atoms with Gasteiger partial charge < -0.3 is 9.84 Å². The molecule has 0 unspecified atom stereocenters. The molecule has 2 aromatic rings. The smallest absolute Gasteiger partial charge is 0.271 e. The van der Waals surface area contributed by atoms with Gasteiger partial charge in [-0.25, -0.2) is 5.43 Å². The van der Waals surface area contributed by atoms with Gasteiger partial charge in [-0.1, -0.05) is 18.2 Å². The molecule has 108 valence electrons. The summed E-state index contributed by atoms with van der Waals surface area (Å²) in [5.74, 6) is 0.137. The first-order chi connectivity index (χ1) is 10.1. The van der Waals surface area contributed by atoms with E-state index < -0.39 is 0 Å². The summed E-state index contributed by atoms with van der Waals surface area (Å²) in [4.78, 5) is 11.9. The van der Waals surface area contributed by atoms with E-state index in [9.17, 15) is 9.90 Å². The second-order valence-electron chi connectivity index (χ2n) is 4.45. The van der Waals surface area contributed by atoms with Crippen molar-refractivity contribution in [3.63, 3.8) is 0 Å². The first-order valence-corrected chi connectivity index (χ1v) is 6.38. The van der Waals surface area contributed by atoms with Crippen molar-refractivity contribution in [1.29, 1.82) is 0 Å². The van der Waals surface area contributed by atoms with E-state index in [2.05, 4.69) is 10.5 Å². The van der Waals surface area contributed by atoms with Crippen molar-refractivity contribution in [3.8, 4) is 11.5 Å². The summed E-state index contributed by atoms with van der Waals surface area (Å²) in [5, 5.41) is 13.4. The molecule has 0 saturated heterocycles. The topological polar surface area (TPSA) is 70.9 Å². The van der Waals surface area contributed by atoms with Crippen LogP contribution in [0, 0.1) is 6.92 Å². The highest BCUT2D eigenvalue weighted by Gasteiger charge is 2.06. The lowest BCUT2D eigenvalue weighted by Crippen LogP contribution is -2.18. The minimum atomic E-state index is -0.268. The third-order valence-corrected chi connectivity index (χ3v) is 2.97. The molecule has 0 radical (unpaired) electrons. The molecule has 0 aliphatic rings. The van der Waals surface area contributed by atoms with Crippen LogP contribution < -0.4 is 10.2 Å².